The lowest BCUT2D eigenvalue weighted by Gasteiger charge is -2.09. The number of amides is 2. The van der Waals surface area contributed by atoms with Gasteiger partial charge in [0, 0.05) is 0 Å². The van der Waals surface area contributed by atoms with Gasteiger partial charge in [-0.15, -0.1) is 4.78 Å². The zero-order chi connectivity index (χ0) is 15.4. The lowest BCUT2D eigenvalue weighted by Crippen LogP contribution is -2.28. The minimum atomic E-state index is -1.45. The molecule has 0 aliphatic rings. The lowest BCUT2D eigenvalue weighted by molar-refractivity contribution is 0.169. The van der Waals surface area contributed by atoms with Crippen LogP contribution >= 0.6 is 0 Å². The molecule has 0 unspecified atom stereocenters. The fraction of sp³-hybridized carbons (Fsp3) is 0.857. The molecule has 0 aliphatic carbocycles. The van der Waals surface area contributed by atoms with Crippen molar-refractivity contribution in [1.29, 1.82) is 0 Å². The van der Waals surface area contributed by atoms with Crippen LogP contribution in [0.4, 0.5) is 4.79 Å². The highest BCUT2D eigenvalue weighted by atomic mass is 28.4. The quantitative estimate of drug-likeness (QED) is 0.153. The first kappa shape index (κ1) is 22.1. The molecule has 9 nitrogen and oxygen atoms in total. The van der Waals surface area contributed by atoms with Crippen molar-refractivity contribution in [1.82, 2.24) is 5.48 Å². The zero-order valence-corrected chi connectivity index (χ0v) is 13.8. The summed E-state index contributed by atoms with van der Waals surface area (Å²) in [5, 5.41) is 7.42. The first-order valence-electron chi connectivity index (χ1n) is 5.03. The third-order valence-corrected chi connectivity index (χ3v) is 2.21. The normalized spacial score (nSPS) is 9.78. The summed E-state index contributed by atoms with van der Waals surface area (Å²) in [5.74, 6) is 4.87. The van der Waals surface area contributed by atoms with Crippen LogP contribution in [0.3, 0.4) is 0 Å². The smallest absolute Gasteiger partial charge is 0.335 e. The number of nitrogens with two attached hydrogens (primary N) is 2. The largest absolute Gasteiger partial charge is 0.350 e. The molecule has 0 aromatic rings. The molecule has 11 heteroatoms. The molecular weight excluding hydrogens is 272 g/mol. The highest BCUT2D eigenvalue weighted by Gasteiger charge is 2.11. The fourth-order valence-corrected chi connectivity index (χ4v) is 0.402. The van der Waals surface area contributed by atoms with E-state index in [0.29, 0.717) is 0 Å². The molecular formula is C7H24N6O3Si2. The minimum absolute atomic E-state index is 0.940. The molecule has 0 aliphatic heterocycles. The summed E-state index contributed by atoms with van der Waals surface area (Å²) in [6, 6.07) is -0.940. The van der Waals surface area contributed by atoms with Crippen LogP contribution in [0.15, 0.2) is 4.78 Å². The molecule has 0 rings (SSSR count). The second kappa shape index (κ2) is 11.0. The third-order valence-electron chi connectivity index (χ3n) is 0.808. The summed E-state index contributed by atoms with van der Waals surface area (Å²) >= 11 is 0. The summed E-state index contributed by atoms with van der Waals surface area (Å²) in [4.78, 5) is 11.9. The average Bonchev–Trinajstić information content (AvgIpc) is 2.16. The number of carbonyl (C=O) groups is 1. The Labute approximate surface area is 109 Å². The lowest BCUT2D eigenvalue weighted by atomic mass is 11.2. The number of carbonyl (C=O) groups excluding carboxylic acids is 1. The van der Waals surface area contributed by atoms with E-state index in [-0.39, 0.29) is 0 Å². The van der Waals surface area contributed by atoms with Gasteiger partial charge in [-0.1, -0.05) is 19.6 Å². The maximum atomic E-state index is 9.23. The molecule has 2 amide bonds. The van der Waals surface area contributed by atoms with Gasteiger partial charge in [0.15, 0.2) is 0 Å². The SMILES string of the molecule is C[Si](C)(C)N=[N+]=[N-].C[Si](C)(C)ON.NC(=O)NO. The summed E-state index contributed by atoms with van der Waals surface area (Å²) < 4.78 is 8.15. The molecule has 0 atom stereocenters. The number of azide groups is 1. The van der Waals surface area contributed by atoms with Crippen molar-refractivity contribution in [2.24, 2.45) is 16.4 Å². The Morgan fingerprint density at radius 1 is 1.33 bits per heavy atom. The average molecular weight is 296 g/mol. The Bertz CT molecular complexity index is 269. The molecule has 0 saturated carbocycles. The number of nitrogens with one attached hydrogen (secondary N) is 1. The van der Waals surface area contributed by atoms with Gasteiger partial charge in [0.2, 0.25) is 8.32 Å². The number of nitrogens with zero attached hydrogens (tertiary/aromatic N) is 3. The van der Waals surface area contributed by atoms with Gasteiger partial charge in [0.1, 0.15) is 8.24 Å². The maximum absolute atomic E-state index is 9.23. The summed E-state index contributed by atoms with van der Waals surface area (Å²) in [6.07, 6.45) is 0. The summed E-state index contributed by atoms with van der Waals surface area (Å²) in [6.45, 7) is 12.1. The molecule has 18 heavy (non-hydrogen) atoms. The van der Waals surface area contributed by atoms with E-state index in [0.717, 1.165) is 0 Å². The Morgan fingerprint density at radius 3 is 1.61 bits per heavy atom. The Morgan fingerprint density at radius 2 is 1.61 bits per heavy atom. The second-order valence-corrected chi connectivity index (χ2v) is 14.1. The molecule has 0 heterocycles. The maximum Gasteiger partial charge on any atom is 0.335 e. The van der Waals surface area contributed by atoms with Crippen molar-refractivity contribution in [3.63, 3.8) is 0 Å². The summed E-state index contributed by atoms with van der Waals surface area (Å²) in [5.41, 5.74) is 13.4. The van der Waals surface area contributed by atoms with E-state index in [1.54, 1.807) is 0 Å². The van der Waals surface area contributed by atoms with Gasteiger partial charge in [-0.3, -0.25) is 5.21 Å². The Balaban J connectivity index is -0.000000190. The number of hydrogen-bond donors (Lipinski definition) is 4. The minimum Gasteiger partial charge on any atom is -0.350 e. The molecule has 0 aromatic carbocycles. The van der Waals surface area contributed by atoms with Gasteiger partial charge in [-0.2, -0.15) is 0 Å². The first-order chi connectivity index (χ1) is 7.89. The van der Waals surface area contributed by atoms with Gasteiger partial charge in [0.25, 0.3) is 0 Å². The van der Waals surface area contributed by atoms with Crippen LogP contribution in [0.25, 0.3) is 10.4 Å². The third kappa shape index (κ3) is 46.1. The van der Waals surface area contributed by atoms with E-state index in [9.17, 15) is 4.79 Å². The van der Waals surface area contributed by atoms with E-state index in [2.05, 4.69) is 20.0 Å². The predicted octanol–water partition coefficient (Wildman–Crippen LogP) is 1.89. The van der Waals surface area contributed by atoms with Crippen molar-refractivity contribution in [2.75, 3.05) is 0 Å². The topological polar surface area (TPSA) is 159 Å². The Kier molecular flexibility index (Phi) is 13.5. The van der Waals surface area contributed by atoms with Gasteiger partial charge in [-0.25, -0.2) is 16.2 Å². The molecule has 6 N–H and O–H groups in total. The van der Waals surface area contributed by atoms with Crippen LogP contribution in [0, 0.1) is 0 Å². The molecule has 0 radical (unpaired) electrons. The Hall–Kier alpha value is -1.11. The van der Waals surface area contributed by atoms with Crippen LogP contribution in [-0.4, -0.2) is 27.8 Å². The van der Waals surface area contributed by atoms with Gasteiger partial charge in [-0.05, 0) is 30.1 Å². The molecule has 0 aromatic heterocycles. The monoisotopic (exact) mass is 296 g/mol. The number of hydroxylamine groups is 1. The van der Waals surface area contributed by atoms with Crippen LogP contribution in [-0.2, 0) is 4.53 Å². The van der Waals surface area contributed by atoms with Crippen molar-refractivity contribution in [2.45, 2.75) is 39.3 Å². The van der Waals surface area contributed by atoms with Crippen LogP contribution < -0.4 is 17.1 Å². The number of primary amides is 1. The van der Waals surface area contributed by atoms with Crippen LogP contribution in [0.1, 0.15) is 0 Å². The second-order valence-electron chi connectivity index (χ2n) is 5.07. The van der Waals surface area contributed by atoms with Crippen molar-refractivity contribution < 1.29 is 14.5 Å². The van der Waals surface area contributed by atoms with E-state index < -0.39 is 22.6 Å². The van der Waals surface area contributed by atoms with E-state index >= 15 is 0 Å². The van der Waals surface area contributed by atoms with Crippen molar-refractivity contribution in [3.8, 4) is 0 Å². The predicted molar refractivity (Wildman–Crippen MR) is 75.6 cm³/mol. The zero-order valence-electron chi connectivity index (χ0n) is 11.8. The molecule has 0 fully saturated rings. The fourth-order valence-electron chi connectivity index (χ4n) is 0.134. The van der Waals surface area contributed by atoms with Crippen molar-refractivity contribution in [3.05, 3.63) is 10.4 Å². The van der Waals surface area contributed by atoms with E-state index in [1.807, 2.05) is 39.3 Å². The molecule has 108 valence electrons. The van der Waals surface area contributed by atoms with Gasteiger partial charge < -0.3 is 10.3 Å². The number of rotatable bonds is 2. The standard InChI is InChI=1S/C3H9N3Si.C3H11NOSi.CH4N2O2/c1-7(2,3)6-5-4;1-6(2,3)5-4;2-1(4)3-5/h1-3H3;4H2,1-3H3;5H,(H3,2,3,4). The van der Waals surface area contributed by atoms with Gasteiger partial charge >= 0.3 is 6.03 Å². The molecule has 0 bridgehead atoms. The van der Waals surface area contributed by atoms with E-state index in [1.165, 1.54) is 5.48 Å². The highest BCUT2D eigenvalue weighted by Crippen LogP contribution is 2.00. The van der Waals surface area contributed by atoms with Crippen LogP contribution in [0.2, 0.25) is 39.3 Å². The van der Waals surface area contributed by atoms with Crippen LogP contribution in [0.5, 0.6) is 0 Å². The number of hydrogen-bond acceptors (Lipinski definition) is 5. The molecule has 0 saturated heterocycles. The summed E-state index contributed by atoms with van der Waals surface area (Å²) in [7, 11) is -2.80. The first-order valence-corrected chi connectivity index (χ1v) is 11.9. The number of urea groups is 1. The van der Waals surface area contributed by atoms with Crippen molar-refractivity contribution >= 4 is 22.6 Å². The highest BCUT2D eigenvalue weighted by molar-refractivity contribution is 6.74. The van der Waals surface area contributed by atoms with Gasteiger partial charge in [0.05, 0.1) is 0 Å². The van der Waals surface area contributed by atoms with E-state index in [4.69, 9.17) is 16.6 Å². The molecule has 0 spiro atoms.